The number of benzene rings is 2. The molecular formula is C17H13NO2. The van der Waals surface area contributed by atoms with Gasteiger partial charge in [0.15, 0.2) is 0 Å². The number of hydrogen-bond acceptors (Lipinski definition) is 3. The highest BCUT2D eigenvalue weighted by Crippen LogP contribution is 2.40. The summed E-state index contributed by atoms with van der Waals surface area (Å²) in [4.78, 5) is 12.4. The second-order valence-corrected chi connectivity index (χ2v) is 4.85. The van der Waals surface area contributed by atoms with Gasteiger partial charge in [0.05, 0.1) is 18.2 Å². The second kappa shape index (κ2) is 4.82. The van der Waals surface area contributed by atoms with Crippen LogP contribution in [0.4, 0.5) is 0 Å². The summed E-state index contributed by atoms with van der Waals surface area (Å²) in [6.07, 6.45) is 0.602. The summed E-state index contributed by atoms with van der Waals surface area (Å²) < 4.78 is 5.23. The summed E-state index contributed by atoms with van der Waals surface area (Å²) in [6.45, 7) is 0.407. The first-order chi connectivity index (χ1) is 9.77. The molecule has 0 radical (unpaired) electrons. The molecule has 1 fully saturated rings. The Balaban J connectivity index is 2.22. The number of nitrogens with zero attached hydrogens (tertiary/aromatic N) is 1. The summed E-state index contributed by atoms with van der Waals surface area (Å²) >= 11 is 0. The summed E-state index contributed by atoms with van der Waals surface area (Å²) in [6, 6.07) is 19.0. The zero-order chi connectivity index (χ0) is 14.0. The van der Waals surface area contributed by atoms with Gasteiger partial charge in [-0.25, -0.2) is 0 Å². The molecule has 3 rings (SSSR count). The summed E-state index contributed by atoms with van der Waals surface area (Å²) in [5, 5.41) is 9.06. The predicted octanol–water partition coefficient (Wildman–Crippen LogP) is 2.79. The fraction of sp³-hybridized carbons (Fsp3) is 0.176. The fourth-order valence-corrected chi connectivity index (χ4v) is 2.79. The summed E-state index contributed by atoms with van der Waals surface area (Å²) in [7, 11) is 0. The van der Waals surface area contributed by atoms with Crippen LogP contribution >= 0.6 is 0 Å². The van der Waals surface area contributed by atoms with Crippen molar-refractivity contribution in [2.45, 2.75) is 11.8 Å². The van der Waals surface area contributed by atoms with E-state index in [0.717, 1.165) is 11.1 Å². The van der Waals surface area contributed by atoms with E-state index < -0.39 is 5.41 Å². The van der Waals surface area contributed by atoms with Crippen LogP contribution in [0.25, 0.3) is 0 Å². The molecule has 98 valence electrons. The van der Waals surface area contributed by atoms with Crippen LogP contribution in [0.5, 0.6) is 0 Å². The molecule has 3 heteroatoms. The van der Waals surface area contributed by atoms with Crippen LogP contribution in [0, 0.1) is 11.3 Å². The van der Waals surface area contributed by atoms with Crippen molar-refractivity contribution in [1.82, 2.24) is 0 Å². The van der Waals surface area contributed by atoms with Crippen molar-refractivity contribution in [1.29, 1.82) is 5.26 Å². The lowest BCUT2D eigenvalue weighted by atomic mass is 9.73. The molecule has 0 spiro atoms. The molecule has 1 unspecified atom stereocenters. The standard InChI is InChI=1S/C17H13NO2/c18-12-13-5-4-8-15(11-13)17(9-10-20-16(17)19)14-6-2-1-3-7-14/h1-8,11H,9-10H2. The van der Waals surface area contributed by atoms with E-state index in [-0.39, 0.29) is 5.97 Å². The number of rotatable bonds is 2. The highest BCUT2D eigenvalue weighted by Gasteiger charge is 2.47. The molecule has 1 saturated heterocycles. The zero-order valence-corrected chi connectivity index (χ0v) is 10.9. The van der Waals surface area contributed by atoms with Crippen molar-refractivity contribution in [3.63, 3.8) is 0 Å². The number of ether oxygens (including phenoxy) is 1. The van der Waals surface area contributed by atoms with Gasteiger partial charge in [0.25, 0.3) is 0 Å². The second-order valence-electron chi connectivity index (χ2n) is 4.85. The Labute approximate surface area is 117 Å². The first-order valence-corrected chi connectivity index (χ1v) is 6.51. The lowest BCUT2D eigenvalue weighted by Gasteiger charge is -2.26. The third kappa shape index (κ3) is 1.78. The molecule has 2 aromatic rings. The Bertz CT molecular complexity index is 688. The number of hydrogen-bond donors (Lipinski definition) is 0. The fourth-order valence-electron chi connectivity index (χ4n) is 2.79. The third-order valence-electron chi connectivity index (χ3n) is 3.81. The van der Waals surface area contributed by atoms with Gasteiger partial charge in [0.2, 0.25) is 0 Å². The molecule has 0 saturated carbocycles. The summed E-state index contributed by atoms with van der Waals surface area (Å²) in [5.41, 5.74) is 1.51. The van der Waals surface area contributed by atoms with E-state index in [0.29, 0.717) is 18.6 Å². The Hall–Kier alpha value is -2.60. The van der Waals surface area contributed by atoms with Crippen molar-refractivity contribution in [2.24, 2.45) is 0 Å². The van der Waals surface area contributed by atoms with E-state index in [1.165, 1.54) is 0 Å². The Morgan fingerprint density at radius 1 is 1.05 bits per heavy atom. The largest absolute Gasteiger partial charge is 0.465 e. The van der Waals surface area contributed by atoms with Crippen molar-refractivity contribution in [2.75, 3.05) is 6.61 Å². The van der Waals surface area contributed by atoms with Crippen LogP contribution in [0.1, 0.15) is 23.1 Å². The van der Waals surface area contributed by atoms with Crippen LogP contribution in [0.3, 0.4) is 0 Å². The average Bonchev–Trinajstić information content (AvgIpc) is 2.91. The highest BCUT2D eigenvalue weighted by atomic mass is 16.5. The molecule has 0 aliphatic carbocycles. The molecular weight excluding hydrogens is 250 g/mol. The molecule has 0 aromatic heterocycles. The Morgan fingerprint density at radius 3 is 2.45 bits per heavy atom. The molecule has 1 aliphatic heterocycles. The van der Waals surface area contributed by atoms with Crippen LogP contribution in [-0.4, -0.2) is 12.6 Å². The first kappa shape index (κ1) is 12.4. The van der Waals surface area contributed by atoms with Gasteiger partial charge in [-0.05, 0) is 23.3 Å². The number of nitriles is 1. The van der Waals surface area contributed by atoms with Gasteiger partial charge in [-0.3, -0.25) is 4.79 Å². The molecule has 1 atom stereocenters. The number of carbonyl (C=O) groups excluding carboxylic acids is 1. The molecule has 1 heterocycles. The maximum Gasteiger partial charge on any atom is 0.321 e. The maximum absolute atomic E-state index is 12.4. The minimum Gasteiger partial charge on any atom is -0.465 e. The van der Waals surface area contributed by atoms with Crippen molar-refractivity contribution >= 4 is 5.97 Å². The van der Waals surface area contributed by atoms with Crippen LogP contribution in [-0.2, 0) is 14.9 Å². The molecule has 0 N–H and O–H groups in total. The molecule has 20 heavy (non-hydrogen) atoms. The van der Waals surface area contributed by atoms with Gasteiger partial charge in [-0.2, -0.15) is 5.26 Å². The van der Waals surface area contributed by atoms with Crippen molar-refractivity contribution in [3.8, 4) is 6.07 Å². The first-order valence-electron chi connectivity index (χ1n) is 6.51. The van der Waals surface area contributed by atoms with Gasteiger partial charge in [0, 0.05) is 6.42 Å². The van der Waals surface area contributed by atoms with Gasteiger partial charge >= 0.3 is 5.97 Å². The maximum atomic E-state index is 12.4. The monoisotopic (exact) mass is 263 g/mol. The van der Waals surface area contributed by atoms with Crippen molar-refractivity contribution in [3.05, 3.63) is 71.3 Å². The van der Waals surface area contributed by atoms with E-state index in [1.807, 2.05) is 42.5 Å². The van der Waals surface area contributed by atoms with E-state index in [1.54, 1.807) is 12.1 Å². The average molecular weight is 263 g/mol. The predicted molar refractivity (Wildman–Crippen MR) is 74.0 cm³/mol. The SMILES string of the molecule is N#Cc1cccc(C2(c3ccccc3)CCOC2=O)c1. The molecule has 1 aliphatic rings. The minimum atomic E-state index is -0.784. The lowest BCUT2D eigenvalue weighted by molar-refractivity contribution is -0.141. The molecule has 3 nitrogen and oxygen atoms in total. The van der Waals surface area contributed by atoms with E-state index in [9.17, 15) is 4.79 Å². The number of esters is 1. The van der Waals surface area contributed by atoms with Crippen LogP contribution < -0.4 is 0 Å². The molecule has 0 amide bonds. The smallest absolute Gasteiger partial charge is 0.321 e. The minimum absolute atomic E-state index is 0.237. The molecule has 2 aromatic carbocycles. The Morgan fingerprint density at radius 2 is 1.80 bits per heavy atom. The van der Waals surface area contributed by atoms with E-state index in [4.69, 9.17) is 10.00 Å². The topological polar surface area (TPSA) is 50.1 Å². The quantitative estimate of drug-likeness (QED) is 0.783. The van der Waals surface area contributed by atoms with Gasteiger partial charge in [-0.15, -0.1) is 0 Å². The van der Waals surface area contributed by atoms with E-state index >= 15 is 0 Å². The van der Waals surface area contributed by atoms with Crippen LogP contribution in [0.15, 0.2) is 54.6 Å². The van der Waals surface area contributed by atoms with Crippen molar-refractivity contribution < 1.29 is 9.53 Å². The van der Waals surface area contributed by atoms with E-state index in [2.05, 4.69) is 6.07 Å². The highest BCUT2D eigenvalue weighted by molar-refractivity contribution is 5.89. The zero-order valence-electron chi connectivity index (χ0n) is 10.9. The van der Waals surface area contributed by atoms with Gasteiger partial charge in [-0.1, -0.05) is 42.5 Å². The van der Waals surface area contributed by atoms with Gasteiger partial charge < -0.3 is 4.74 Å². The van der Waals surface area contributed by atoms with Crippen LogP contribution in [0.2, 0.25) is 0 Å². The lowest BCUT2D eigenvalue weighted by Crippen LogP contribution is -2.33. The Kier molecular flexibility index (Phi) is 3.00. The third-order valence-corrected chi connectivity index (χ3v) is 3.81. The molecule has 0 bridgehead atoms. The number of carbonyl (C=O) groups is 1. The van der Waals surface area contributed by atoms with Gasteiger partial charge in [0.1, 0.15) is 5.41 Å². The summed E-state index contributed by atoms with van der Waals surface area (Å²) in [5.74, 6) is -0.237. The number of cyclic esters (lactones) is 1. The normalized spacial score (nSPS) is 21.2.